The predicted molar refractivity (Wildman–Crippen MR) is 98.8 cm³/mol. The molecule has 1 amide bonds. The summed E-state index contributed by atoms with van der Waals surface area (Å²) in [4.78, 5) is 18.8. The van der Waals surface area contributed by atoms with Gasteiger partial charge in [-0.05, 0) is 42.0 Å². The molecule has 0 radical (unpaired) electrons. The molecule has 1 saturated heterocycles. The number of benzene rings is 1. The maximum atomic E-state index is 13.0. The van der Waals surface area contributed by atoms with Crippen molar-refractivity contribution >= 4 is 22.9 Å². The van der Waals surface area contributed by atoms with Crippen LogP contribution in [-0.2, 0) is 13.0 Å². The average molecular weight is 341 g/mol. The van der Waals surface area contributed by atoms with Gasteiger partial charge in [0.25, 0.3) is 5.91 Å². The summed E-state index contributed by atoms with van der Waals surface area (Å²) in [6.07, 6.45) is 2.11. The van der Waals surface area contributed by atoms with Crippen LogP contribution in [0.2, 0.25) is 0 Å². The topological polar surface area (TPSA) is 35.6 Å². The lowest BCUT2D eigenvalue weighted by Gasteiger charge is -2.35. The van der Waals surface area contributed by atoms with Gasteiger partial charge < -0.3 is 10.2 Å². The minimum atomic E-state index is 0.200. The van der Waals surface area contributed by atoms with E-state index in [0.29, 0.717) is 0 Å². The van der Waals surface area contributed by atoms with Crippen LogP contribution in [0.15, 0.2) is 35.7 Å². The Morgan fingerprint density at radius 1 is 1.12 bits per heavy atom. The van der Waals surface area contributed by atoms with Gasteiger partial charge in [-0.25, -0.2) is 0 Å². The second-order valence-electron chi connectivity index (χ2n) is 6.51. The van der Waals surface area contributed by atoms with E-state index in [2.05, 4.69) is 33.8 Å². The fourth-order valence-electron chi connectivity index (χ4n) is 3.61. The summed E-state index contributed by atoms with van der Waals surface area (Å²) in [5, 5.41) is 5.54. The number of amides is 1. The highest BCUT2D eigenvalue weighted by Crippen LogP contribution is 2.26. The van der Waals surface area contributed by atoms with Crippen molar-refractivity contribution in [1.82, 2.24) is 9.80 Å². The van der Waals surface area contributed by atoms with Crippen molar-refractivity contribution < 1.29 is 4.79 Å². The second-order valence-corrected chi connectivity index (χ2v) is 7.54. The Labute approximate surface area is 147 Å². The minimum absolute atomic E-state index is 0.200. The molecule has 5 heteroatoms. The monoisotopic (exact) mass is 341 g/mol. The third-order valence-electron chi connectivity index (χ3n) is 4.94. The van der Waals surface area contributed by atoms with Crippen LogP contribution in [0.5, 0.6) is 0 Å². The lowest BCUT2D eigenvalue weighted by atomic mass is 9.96. The highest BCUT2D eigenvalue weighted by Gasteiger charge is 2.25. The Morgan fingerprint density at radius 2 is 2.00 bits per heavy atom. The largest absolute Gasteiger partial charge is 0.385 e. The summed E-state index contributed by atoms with van der Waals surface area (Å²) in [6.45, 7) is 5.56. The Morgan fingerprint density at radius 3 is 2.79 bits per heavy atom. The number of nitrogens with one attached hydrogen (secondary N) is 1. The van der Waals surface area contributed by atoms with E-state index in [9.17, 15) is 4.79 Å². The van der Waals surface area contributed by atoms with Crippen molar-refractivity contribution in [2.45, 2.75) is 19.4 Å². The molecule has 3 heterocycles. The maximum absolute atomic E-state index is 13.0. The van der Waals surface area contributed by atoms with E-state index >= 15 is 0 Å². The van der Waals surface area contributed by atoms with Crippen LogP contribution in [0.25, 0.3) is 0 Å². The van der Waals surface area contributed by atoms with E-state index in [-0.39, 0.29) is 5.91 Å². The van der Waals surface area contributed by atoms with Crippen molar-refractivity contribution in [2.75, 3.05) is 38.0 Å². The van der Waals surface area contributed by atoms with Gasteiger partial charge in [-0.3, -0.25) is 9.69 Å². The number of hydrogen-bond acceptors (Lipinski definition) is 4. The first-order valence-corrected chi connectivity index (χ1v) is 9.59. The Bertz CT molecular complexity index is 705. The van der Waals surface area contributed by atoms with Gasteiger partial charge in [-0.2, -0.15) is 0 Å². The first-order valence-electron chi connectivity index (χ1n) is 8.71. The molecular formula is C19H23N3OS. The summed E-state index contributed by atoms with van der Waals surface area (Å²) in [6, 6.07) is 10.4. The summed E-state index contributed by atoms with van der Waals surface area (Å²) < 4.78 is 0. The van der Waals surface area contributed by atoms with Crippen molar-refractivity contribution in [2.24, 2.45) is 0 Å². The van der Waals surface area contributed by atoms with Crippen molar-refractivity contribution in [1.29, 1.82) is 0 Å². The Hall–Kier alpha value is -1.85. The van der Waals surface area contributed by atoms with Crippen LogP contribution >= 0.6 is 11.3 Å². The molecule has 0 atom stereocenters. The molecule has 2 aromatic rings. The Balaban J connectivity index is 1.41. The molecule has 126 valence electrons. The number of nitrogens with zero attached hydrogens (tertiary/aromatic N) is 2. The van der Waals surface area contributed by atoms with Gasteiger partial charge in [-0.1, -0.05) is 12.1 Å². The van der Waals surface area contributed by atoms with Crippen LogP contribution in [0.3, 0.4) is 0 Å². The second kappa shape index (κ2) is 6.95. The standard InChI is InChI=1S/C19H23N3OS/c23-19(17-5-1-7-18-16(17)6-2-8-20-18)22-11-9-21(10-12-22)14-15-4-3-13-24-15/h1,3-5,7,13,20H,2,6,8-12,14H2. The fourth-order valence-corrected chi connectivity index (χ4v) is 4.36. The molecule has 1 N–H and O–H groups in total. The normalized spacial score (nSPS) is 18.1. The zero-order chi connectivity index (χ0) is 16.4. The van der Waals surface area contributed by atoms with Gasteiger partial charge in [0.1, 0.15) is 0 Å². The third-order valence-corrected chi connectivity index (χ3v) is 5.81. The average Bonchev–Trinajstić information content (AvgIpc) is 3.14. The summed E-state index contributed by atoms with van der Waals surface area (Å²) >= 11 is 1.81. The zero-order valence-corrected chi connectivity index (χ0v) is 14.6. The first kappa shape index (κ1) is 15.7. The van der Waals surface area contributed by atoms with Crippen LogP contribution in [0, 0.1) is 0 Å². The minimum Gasteiger partial charge on any atom is -0.385 e. The van der Waals surface area contributed by atoms with Crippen LogP contribution in [0.4, 0.5) is 5.69 Å². The van der Waals surface area contributed by atoms with Gasteiger partial charge >= 0.3 is 0 Å². The molecule has 4 rings (SSSR count). The molecule has 2 aliphatic rings. The van der Waals surface area contributed by atoms with Crippen LogP contribution < -0.4 is 5.32 Å². The van der Waals surface area contributed by atoms with Crippen LogP contribution in [-0.4, -0.2) is 48.4 Å². The fraction of sp³-hybridized carbons (Fsp3) is 0.421. The number of rotatable bonds is 3. The number of carbonyl (C=O) groups excluding carboxylic acids is 1. The number of hydrogen-bond donors (Lipinski definition) is 1. The van der Waals surface area contributed by atoms with Gasteiger partial charge in [0, 0.05) is 55.4 Å². The molecule has 1 aromatic heterocycles. The number of piperazine rings is 1. The Kier molecular flexibility index (Phi) is 4.54. The molecule has 24 heavy (non-hydrogen) atoms. The molecular weight excluding hydrogens is 318 g/mol. The maximum Gasteiger partial charge on any atom is 0.254 e. The third kappa shape index (κ3) is 3.19. The van der Waals surface area contributed by atoms with Gasteiger partial charge in [0.2, 0.25) is 0 Å². The van der Waals surface area contributed by atoms with E-state index < -0.39 is 0 Å². The van der Waals surface area contributed by atoms with E-state index in [1.54, 1.807) is 11.3 Å². The van der Waals surface area contributed by atoms with Gasteiger partial charge in [0.15, 0.2) is 0 Å². The number of anilines is 1. The smallest absolute Gasteiger partial charge is 0.254 e. The van der Waals surface area contributed by atoms with Gasteiger partial charge in [0.05, 0.1) is 0 Å². The van der Waals surface area contributed by atoms with E-state index in [4.69, 9.17) is 0 Å². The SMILES string of the molecule is O=C(c1cccc2c1CCCN2)N1CCN(Cc2cccs2)CC1. The molecule has 0 unspecified atom stereocenters. The molecule has 1 fully saturated rings. The molecule has 1 aromatic carbocycles. The summed E-state index contributed by atoms with van der Waals surface area (Å²) in [5.74, 6) is 0.200. The molecule has 0 saturated carbocycles. The molecule has 2 aliphatic heterocycles. The van der Waals surface area contributed by atoms with E-state index in [1.807, 2.05) is 17.0 Å². The first-order chi connectivity index (χ1) is 11.8. The molecule has 0 spiro atoms. The molecule has 0 aliphatic carbocycles. The highest BCUT2D eigenvalue weighted by molar-refractivity contribution is 7.09. The zero-order valence-electron chi connectivity index (χ0n) is 13.8. The lowest BCUT2D eigenvalue weighted by Crippen LogP contribution is -2.48. The highest BCUT2D eigenvalue weighted by atomic mass is 32.1. The van der Waals surface area contributed by atoms with Gasteiger partial charge in [-0.15, -0.1) is 11.3 Å². The number of carbonyl (C=O) groups is 1. The van der Waals surface area contributed by atoms with Crippen molar-refractivity contribution in [3.63, 3.8) is 0 Å². The van der Waals surface area contributed by atoms with E-state index in [1.165, 1.54) is 10.4 Å². The summed E-state index contributed by atoms with van der Waals surface area (Å²) in [7, 11) is 0. The van der Waals surface area contributed by atoms with Crippen molar-refractivity contribution in [3.8, 4) is 0 Å². The predicted octanol–water partition coefficient (Wildman–Crippen LogP) is 3.06. The quantitative estimate of drug-likeness (QED) is 0.932. The number of thiophene rings is 1. The number of fused-ring (bicyclic) bond motifs is 1. The summed E-state index contributed by atoms with van der Waals surface area (Å²) in [5.41, 5.74) is 3.24. The lowest BCUT2D eigenvalue weighted by molar-refractivity contribution is 0.0628. The molecule has 4 nitrogen and oxygen atoms in total. The van der Waals surface area contributed by atoms with E-state index in [0.717, 1.165) is 63.4 Å². The van der Waals surface area contributed by atoms with Crippen molar-refractivity contribution in [3.05, 3.63) is 51.7 Å². The van der Waals surface area contributed by atoms with Crippen LogP contribution in [0.1, 0.15) is 27.2 Å². The molecule has 0 bridgehead atoms.